The number of hydrogen-bond acceptors (Lipinski definition) is 4. The van der Waals surface area contributed by atoms with Gasteiger partial charge in [0.25, 0.3) is 0 Å². The van der Waals surface area contributed by atoms with E-state index in [0.717, 1.165) is 43.9 Å². The standard InChI is InChI=1S/C23H30N4O/c1-25(2)23(28)20-8-6-19(7-9-20)22-10-5-18(15-21(22)16-24)17-27-12-4-11-26(3)13-14-27/h5-8,10,15,20H,4,9,11-14,17H2,1-3H3. The summed E-state index contributed by atoms with van der Waals surface area (Å²) in [6.45, 7) is 5.29. The van der Waals surface area contributed by atoms with Crippen LogP contribution in [-0.4, -0.2) is 67.9 Å². The number of hydrogen-bond donors (Lipinski definition) is 0. The van der Waals surface area contributed by atoms with E-state index in [0.29, 0.717) is 12.0 Å². The Kier molecular flexibility index (Phi) is 6.66. The molecule has 5 nitrogen and oxygen atoms in total. The van der Waals surface area contributed by atoms with Crippen LogP contribution in [0.2, 0.25) is 0 Å². The molecule has 1 aromatic rings. The molecule has 0 aromatic heterocycles. The van der Waals surface area contributed by atoms with Crippen LogP contribution in [-0.2, 0) is 11.3 Å². The van der Waals surface area contributed by atoms with E-state index < -0.39 is 0 Å². The van der Waals surface area contributed by atoms with Crippen molar-refractivity contribution in [1.82, 2.24) is 14.7 Å². The van der Waals surface area contributed by atoms with Crippen LogP contribution in [0, 0.1) is 17.2 Å². The fourth-order valence-electron chi connectivity index (χ4n) is 3.89. The Morgan fingerprint density at radius 3 is 2.75 bits per heavy atom. The largest absolute Gasteiger partial charge is 0.348 e. The molecule has 5 heteroatoms. The van der Waals surface area contributed by atoms with Crippen molar-refractivity contribution in [3.05, 3.63) is 53.1 Å². The van der Waals surface area contributed by atoms with Crippen LogP contribution in [0.4, 0.5) is 0 Å². The predicted octanol–water partition coefficient (Wildman–Crippen LogP) is 2.74. The molecule has 3 rings (SSSR count). The fraction of sp³-hybridized carbons (Fsp3) is 0.478. The zero-order chi connectivity index (χ0) is 20.1. The Balaban J connectivity index is 1.71. The van der Waals surface area contributed by atoms with Gasteiger partial charge in [-0.25, -0.2) is 0 Å². The molecule has 1 aromatic carbocycles. The van der Waals surface area contributed by atoms with Gasteiger partial charge in [0.1, 0.15) is 0 Å². The van der Waals surface area contributed by atoms with Crippen molar-refractivity contribution < 1.29 is 4.79 Å². The quantitative estimate of drug-likeness (QED) is 0.808. The molecule has 1 saturated heterocycles. The summed E-state index contributed by atoms with van der Waals surface area (Å²) in [5.74, 6) is 0.00947. The molecule has 1 atom stereocenters. The SMILES string of the molecule is CN1CCCN(Cc2ccc(C3=CCC(C(=O)N(C)C)C=C3)c(C#N)c2)CC1. The summed E-state index contributed by atoms with van der Waals surface area (Å²) in [5.41, 5.74) is 3.87. The average Bonchev–Trinajstić information content (AvgIpc) is 2.91. The van der Waals surface area contributed by atoms with Gasteiger partial charge in [-0.15, -0.1) is 0 Å². The monoisotopic (exact) mass is 378 g/mol. The molecule has 0 N–H and O–H groups in total. The number of carbonyl (C=O) groups excluding carboxylic acids is 1. The van der Waals surface area contributed by atoms with Gasteiger partial charge in [0, 0.05) is 33.7 Å². The van der Waals surface area contributed by atoms with Crippen LogP contribution in [0.3, 0.4) is 0 Å². The zero-order valence-electron chi connectivity index (χ0n) is 17.2. The highest BCUT2D eigenvalue weighted by atomic mass is 16.2. The normalized spacial score (nSPS) is 20.9. The number of nitrogens with zero attached hydrogens (tertiary/aromatic N) is 4. The number of likely N-dealkylation sites (N-methyl/N-ethyl adjacent to an activating group) is 1. The highest BCUT2D eigenvalue weighted by Crippen LogP contribution is 2.28. The number of nitriles is 1. The van der Waals surface area contributed by atoms with Crippen LogP contribution in [0.1, 0.15) is 29.5 Å². The molecule has 1 heterocycles. The number of rotatable bonds is 4. The van der Waals surface area contributed by atoms with Crippen molar-refractivity contribution >= 4 is 11.5 Å². The Hall–Kier alpha value is -2.42. The maximum atomic E-state index is 12.1. The van der Waals surface area contributed by atoms with Gasteiger partial charge < -0.3 is 9.80 Å². The minimum absolute atomic E-state index is 0.107. The summed E-state index contributed by atoms with van der Waals surface area (Å²) in [4.78, 5) is 18.6. The number of allylic oxidation sites excluding steroid dienone is 3. The molecular formula is C23H30N4O. The number of benzene rings is 1. The molecule has 1 unspecified atom stereocenters. The van der Waals surface area contributed by atoms with Crippen LogP contribution < -0.4 is 0 Å². The van der Waals surface area contributed by atoms with Crippen molar-refractivity contribution in [2.75, 3.05) is 47.3 Å². The lowest BCUT2D eigenvalue weighted by Crippen LogP contribution is -2.29. The second-order valence-corrected chi connectivity index (χ2v) is 8.02. The Morgan fingerprint density at radius 2 is 2.07 bits per heavy atom. The summed E-state index contributed by atoms with van der Waals surface area (Å²) in [6.07, 6.45) is 7.88. The first kappa shape index (κ1) is 20.3. The number of amides is 1. The molecule has 0 bridgehead atoms. The van der Waals surface area contributed by atoms with E-state index >= 15 is 0 Å². The lowest BCUT2D eigenvalue weighted by molar-refractivity contribution is -0.131. The predicted molar refractivity (Wildman–Crippen MR) is 112 cm³/mol. The molecular weight excluding hydrogens is 348 g/mol. The molecule has 1 aliphatic heterocycles. The Labute approximate surface area is 168 Å². The van der Waals surface area contributed by atoms with Crippen LogP contribution in [0.5, 0.6) is 0 Å². The summed E-state index contributed by atoms with van der Waals surface area (Å²) in [5, 5.41) is 9.69. The van der Waals surface area contributed by atoms with E-state index in [1.165, 1.54) is 12.0 Å². The minimum Gasteiger partial charge on any atom is -0.348 e. The molecule has 1 aliphatic carbocycles. The Morgan fingerprint density at radius 1 is 1.25 bits per heavy atom. The Bertz CT molecular complexity index is 818. The summed E-state index contributed by atoms with van der Waals surface area (Å²) in [7, 11) is 5.74. The third-order valence-electron chi connectivity index (χ3n) is 5.59. The first-order valence-corrected chi connectivity index (χ1v) is 10.0. The second kappa shape index (κ2) is 9.18. The lowest BCUT2D eigenvalue weighted by atomic mass is 9.90. The van der Waals surface area contributed by atoms with Crippen LogP contribution >= 0.6 is 0 Å². The molecule has 0 saturated carbocycles. The van der Waals surface area contributed by atoms with Crippen LogP contribution in [0.25, 0.3) is 5.57 Å². The van der Waals surface area contributed by atoms with E-state index in [2.05, 4.69) is 41.1 Å². The summed E-state index contributed by atoms with van der Waals surface area (Å²) >= 11 is 0. The van der Waals surface area contributed by atoms with Crippen molar-refractivity contribution in [3.63, 3.8) is 0 Å². The fourth-order valence-corrected chi connectivity index (χ4v) is 3.89. The minimum atomic E-state index is -0.107. The lowest BCUT2D eigenvalue weighted by Gasteiger charge is -2.21. The molecule has 148 valence electrons. The second-order valence-electron chi connectivity index (χ2n) is 8.02. The van der Waals surface area contributed by atoms with E-state index in [-0.39, 0.29) is 11.8 Å². The first-order valence-electron chi connectivity index (χ1n) is 10.0. The molecule has 0 spiro atoms. The molecule has 28 heavy (non-hydrogen) atoms. The summed E-state index contributed by atoms with van der Waals surface area (Å²) < 4.78 is 0. The number of carbonyl (C=O) groups is 1. The maximum Gasteiger partial charge on any atom is 0.229 e. The highest BCUT2D eigenvalue weighted by Gasteiger charge is 2.20. The highest BCUT2D eigenvalue weighted by molar-refractivity contribution is 5.85. The van der Waals surface area contributed by atoms with Gasteiger partial charge in [0.2, 0.25) is 5.91 Å². The van der Waals surface area contributed by atoms with Gasteiger partial charge >= 0.3 is 0 Å². The van der Waals surface area contributed by atoms with Gasteiger partial charge in [-0.05, 0) is 55.7 Å². The van der Waals surface area contributed by atoms with Crippen molar-refractivity contribution in [1.29, 1.82) is 5.26 Å². The molecule has 0 radical (unpaired) electrons. The molecule has 1 fully saturated rings. The smallest absolute Gasteiger partial charge is 0.229 e. The zero-order valence-corrected chi connectivity index (χ0v) is 17.2. The van der Waals surface area contributed by atoms with Crippen molar-refractivity contribution in [3.8, 4) is 6.07 Å². The van der Waals surface area contributed by atoms with E-state index in [1.54, 1.807) is 19.0 Å². The summed E-state index contributed by atoms with van der Waals surface area (Å²) in [6, 6.07) is 8.58. The first-order chi connectivity index (χ1) is 13.5. The van der Waals surface area contributed by atoms with E-state index in [1.807, 2.05) is 18.2 Å². The third kappa shape index (κ3) is 4.89. The molecule has 2 aliphatic rings. The van der Waals surface area contributed by atoms with E-state index in [9.17, 15) is 10.1 Å². The van der Waals surface area contributed by atoms with Gasteiger partial charge in [-0.3, -0.25) is 9.69 Å². The average molecular weight is 379 g/mol. The van der Waals surface area contributed by atoms with Gasteiger partial charge in [0.15, 0.2) is 0 Å². The van der Waals surface area contributed by atoms with Crippen LogP contribution in [0.15, 0.2) is 36.4 Å². The van der Waals surface area contributed by atoms with Gasteiger partial charge in [-0.2, -0.15) is 5.26 Å². The third-order valence-corrected chi connectivity index (χ3v) is 5.59. The molecule has 1 amide bonds. The topological polar surface area (TPSA) is 50.6 Å². The van der Waals surface area contributed by atoms with Gasteiger partial charge in [0.05, 0.1) is 17.6 Å². The van der Waals surface area contributed by atoms with Gasteiger partial charge in [-0.1, -0.05) is 30.4 Å². The maximum absolute atomic E-state index is 12.1. The van der Waals surface area contributed by atoms with Crippen molar-refractivity contribution in [2.45, 2.75) is 19.4 Å². The van der Waals surface area contributed by atoms with Crippen molar-refractivity contribution in [2.24, 2.45) is 5.92 Å². The van der Waals surface area contributed by atoms with E-state index in [4.69, 9.17) is 0 Å².